The number of carbonyl (C=O) groups excluding carboxylic acids is 2. The molecule has 1 aromatic heterocycles. The highest BCUT2D eigenvalue weighted by atomic mass is 32.1. The largest absolute Gasteiger partial charge is 0.381 e. The van der Waals surface area contributed by atoms with Gasteiger partial charge in [0.2, 0.25) is 5.91 Å². The van der Waals surface area contributed by atoms with E-state index in [0.717, 1.165) is 32.6 Å². The maximum atomic E-state index is 12.5. The molecule has 132 valence electrons. The number of likely N-dealkylation sites (N-methyl/N-ethyl adjacent to an activating group) is 1. The van der Waals surface area contributed by atoms with Crippen molar-refractivity contribution in [2.75, 3.05) is 26.3 Å². The van der Waals surface area contributed by atoms with Crippen LogP contribution in [-0.4, -0.2) is 61.1 Å². The van der Waals surface area contributed by atoms with E-state index in [0.29, 0.717) is 24.6 Å². The Morgan fingerprint density at radius 2 is 2.17 bits per heavy atom. The summed E-state index contributed by atoms with van der Waals surface area (Å²) in [6.45, 7) is 4.77. The Morgan fingerprint density at radius 3 is 2.83 bits per heavy atom. The number of ether oxygens (including phenoxy) is 1. The summed E-state index contributed by atoms with van der Waals surface area (Å²) in [5.74, 6) is 0.0148. The minimum atomic E-state index is -0.166. The number of rotatable bonds is 5. The number of nitrogens with zero attached hydrogens (tertiary/aromatic N) is 1. The zero-order valence-corrected chi connectivity index (χ0v) is 14.8. The quantitative estimate of drug-likeness (QED) is 0.837. The van der Waals surface area contributed by atoms with Crippen molar-refractivity contribution in [1.82, 2.24) is 15.5 Å². The summed E-state index contributed by atoms with van der Waals surface area (Å²) >= 11 is 1.51. The molecule has 0 saturated carbocycles. The fourth-order valence-corrected chi connectivity index (χ4v) is 4.23. The molecule has 2 saturated heterocycles. The van der Waals surface area contributed by atoms with Crippen LogP contribution in [0, 0.1) is 0 Å². The molecule has 0 unspecified atom stereocenters. The summed E-state index contributed by atoms with van der Waals surface area (Å²) in [5.41, 5.74) is 0.694. The smallest absolute Gasteiger partial charge is 0.252 e. The topological polar surface area (TPSA) is 70.7 Å². The van der Waals surface area contributed by atoms with Crippen molar-refractivity contribution in [1.29, 1.82) is 0 Å². The van der Waals surface area contributed by atoms with Crippen LogP contribution in [0.15, 0.2) is 16.8 Å². The van der Waals surface area contributed by atoms with Gasteiger partial charge in [-0.2, -0.15) is 11.3 Å². The third kappa shape index (κ3) is 3.96. The van der Waals surface area contributed by atoms with Gasteiger partial charge in [0.15, 0.2) is 0 Å². The average Bonchev–Trinajstić information content (AvgIpc) is 3.26. The molecular weight excluding hydrogens is 326 g/mol. The van der Waals surface area contributed by atoms with Gasteiger partial charge in [-0.1, -0.05) is 0 Å². The van der Waals surface area contributed by atoms with Gasteiger partial charge in [0, 0.05) is 49.3 Å². The lowest BCUT2D eigenvalue weighted by Gasteiger charge is -2.34. The molecule has 3 heterocycles. The van der Waals surface area contributed by atoms with E-state index in [1.807, 2.05) is 23.8 Å². The monoisotopic (exact) mass is 351 g/mol. The Bertz CT molecular complexity index is 557. The summed E-state index contributed by atoms with van der Waals surface area (Å²) in [6, 6.07) is 2.02. The molecular formula is C17H25N3O3S. The van der Waals surface area contributed by atoms with E-state index in [4.69, 9.17) is 4.74 Å². The van der Waals surface area contributed by atoms with Crippen molar-refractivity contribution in [3.63, 3.8) is 0 Å². The molecule has 2 aliphatic heterocycles. The lowest BCUT2D eigenvalue weighted by molar-refractivity contribution is -0.126. The Hall–Kier alpha value is -1.44. The molecule has 2 amide bonds. The number of likely N-dealkylation sites (tertiary alicyclic amines) is 1. The molecule has 0 aromatic carbocycles. The first-order chi connectivity index (χ1) is 11.7. The molecule has 2 fully saturated rings. The Morgan fingerprint density at radius 1 is 1.38 bits per heavy atom. The van der Waals surface area contributed by atoms with Gasteiger partial charge in [0.25, 0.3) is 5.91 Å². The maximum Gasteiger partial charge on any atom is 0.252 e. The standard InChI is InChI=1S/C17H25N3O3S/c1-2-18-17(22)15-9-13(19-16(21)12-5-8-24-11-12)10-20(15)14-3-6-23-7-4-14/h5,8,11,13-15H,2-4,6-7,9-10H2,1H3,(H,18,22)(H,19,21)/t13-,15-/m0/s1. The normalized spacial score (nSPS) is 25.5. The van der Waals surface area contributed by atoms with Gasteiger partial charge >= 0.3 is 0 Å². The van der Waals surface area contributed by atoms with Gasteiger partial charge in [-0.25, -0.2) is 0 Å². The Labute approximate surface area is 146 Å². The van der Waals surface area contributed by atoms with E-state index < -0.39 is 0 Å². The summed E-state index contributed by atoms with van der Waals surface area (Å²) < 4.78 is 5.45. The number of hydrogen-bond acceptors (Lipinski definition) is 5. The Balaban J connectivity index is 1.66. The van der Waals surface area contributed by atoms with Crippen LogP contribution in [0.4, 0.5) is 0 Å². The molecule has 2 N–H and O–H groups in total. The Kier molecular flexibility index (Phi) is 5.86. The number of amides is 2. The first-order valence-electron chi connectivity index (χ1n) is 8.63. The van der Waals surface area contributed by atoms with Crippen molar-refractivity contribution in [2.45, 2.75) is 44.3 Å². The fourth-order valence-electron chi connectivity index (χ4n) is 3.60. The number of nitrogens with one attached hydrogen (secondary N) is 2. The van der Waals surface area contributed by atoms with E-state index in [1.165, 1.54) is 11.3 Å². The molecule has 1 aromatic rings. The first kappa shape index (κ1) is 17.4. The lowest BCUT2D eigenvalue weighted by atomic mass is 10.1. The molecule has 24 heavy (non-hydrogen) atoms. The predicted molar refractivity (Wildman–Crippen MR) is 93.2 cm³/mol. The number of hydrogen-bond donors (Lipinski definition) is 2. The molecule has 6 nitrogen and oxygen atoms in total. The molecule has 7 heteroatoms. The number of carbonyl (C=O) groups is 2. The summed E-state index contributed by atoms with van der Waals surface area (Å²) in [4.78, 5) is 27.0. The van der Waals surface area contributed by atoms with Crippen LogP contribution in [0.5, 0.6) is 0 Å². The molecule has 3 rings (SSSR count). The summed E-state index contributed by atoms with van der Waals surface area (Å²) in [7, 11) is 0. The second-order valence-corrected chi connectivity index (χ2v) is 7.15. The van der Waals surface area contributed by atoms with E-state index in [2.05, 4.69) is 15.5 Å². The SMILES string of the molecule is CCNC(=O)[C@@H]1C[C@H](NC(=O)c2ccsc2)CN1C1CCOCC1. The van der Waals surface area contributed by atoms with E-state index >= 15 is 0 Å². The highest BCUT2D eigenvalue weighted by Gasteiger charge is 2.41. The average molecular weight is 351 g/mol. The van der Waals surface area contributed by atoms with Crippen LogP contribution in [0.2, 0.25) is 0 Å². The molecule has 0 spiro atoms. The van der Waals surface area contributed by atoms with Crippen molar-refractivity contribution < 1.29 is 14.3 Å². The van der Waals surface area contributed by atoms with Gasteiger partial charge in [-0.15, -0.1) is 0 Å². The highest BCUT2D eigenvalue weighted by Crippen LogP contribution is 2.26. The van der Waals surface area contributed by atoms with Crippen LogP contribution >= 0.6 is 11.3 Å². The first-order valence-corrected chi connectivity index (χ1v) is 9.57. The number of thiophene rings is 1. The zero-order valence-electron chi connectivity index (χ0n) is 14.0. The maximum absolute atomic E-state index is 12.5. The van der Waals surface area contributed by atoms with Crippen LogP contribution in [-0.2, 0) is 9.53 Å². The molecule has 0 bridgehead atoms. The van der Waals surface area contributed by atoms with E-state index in [9.17, 15) is 9.59 Å². The molecule has 2 aliphatic rings. The van der Waals surface area contributed by atoms with Crippen molar-refractivity contribution in [3.8, 4) is 0 Å². The highest BCUT2D eigenvalue weighted by molar-refractivity contribution is 7.08. The zero-order chi connectivity index (χ0) is 16.9. The van der Waals surface area contributed by atoms with Crippen LogP contribution in [0.25, 0.3) is 0 Å². The lowest BCUT2D eigenvalue weighted by Crippen LogP contribution is -2.49. The minimum Gasteiger partial charge on any atom is -0.381 e. The third-order valence-electron chi connectivity index (χ3n) is 4.77. The third-order valence-corrected chi connectivity index (χ3v) is 5.45. The van der Waals surface area contributed by atoms with Crippen molar-refractivity contribution in [3.05, 3.63) is 22.4 Å². The summed E-state index contributed by atoms with van der Waals surface area (Å²) in [5, 5.41) is 9.77. The second kappa shape index (κ2) is 8.09. The summed E-state index contributed by atoms with van der Waals surface area (Å²) in [6.07, 6.45) is 2.56. The van der Waals surface area contributed by atoms with Crippen LogP contribution < -0.4 is 10.6 Å². The fraction of sp³-hybridized carbons (Fsp3) is 0.647. The predicted octanol–water partition coefficient (Wildman–Crippen LogP) is 1.24. The van der Waals surface area contributed by atoms with Gasteiger partial charge in [-0.3, -0.25) is 14.5 Å². The van der Waals surface area contributed by atoms with Gasteiger partial charge in [-0.05, 0) is 37.6 Å². The van der Waals surface area contributed by atoms with Crippen molar-refractivity contribution >= 4 is 23.2 Å². The minimum absolute atomic E-state index is 0.00727. The van der Waals surface area contributed by atoms with Gasteiger partial charge in [0.1, 0.15) is 0 Å². The molecule has 2 atom stereocenters. The van der Waals surface area contributed by atoms with Gasteiger partial charge in [0.05, 0.1) is 6.04 Å². The van der Waals surface area contributed by atoms with Crippen LogP contribution in [0.1, 0.15) is 36.5 Å². The van der Waals surface area contributed by atoms with Gasteiger partial charge < -0.3 is 15.4 Å². The van der Waals surface area contributed by atoms with Crippen molar-refractivity contribution in [2.24, 2.45) is 0 Å². The van der Waals surface area contributed by atoms with E-state index in [1.54, 1.807) is 0 Å². The van der Waals surface area contributed by atoms with Crippen LogP contribution in [0.3, 0.4) is 0 Å². The molecule has 0 radical (unpaired) electrons. The van der Waals surface area contributed by atoms with E-state index in [-0.39, 0.29) is 23.9 Å². The second-order valence-electron chi connectivity index (χ2n) is 6.37. The molecule has 0 aliphatic carbocycles.